The Morgan fingerprint density at radius 1 is 1.23 bits per heavy atom. The van der Waals surface area contributed by atoms with Crippen LogP contribution in [0.15, 0.2) is 67.0 Å². The number of nitro groups is 1. The highest BCUT2D eigenvalue weighted by Gasteiger charge is 2.19. The molecule has 1 heterocycles. The van der Waals surface area contributed by atoms with Crippen LogP contribution < -0.4 is 9.47 Å². The molecule has 0 aliphatic rings. The van der Waals surface area contributed by atoms with Crippen LogP contribution in [0.4, 0.5) is 10.1 Å². The molecule has 0 aliphatic heterocycles. The first kappa shape index (κ1) is 20.7. The van der Waals surface area contributed by atoms with Crippen LogP contribution in [-0.4, -0.2) is 22.8 Å². The summed E-state index contributed by atoms with van der Waals surface area (Å²) in [5, 5.41) is 11.1. The lowest BCUT2D eigenvalue weighted by Crippen LogP contribution is -2.02. The molecule has 0 aliphatic carbocycles. The van der Waals surface area contributed by atoms with Crippen molar-refractivity contribution in [3.05, 3.63) is 99.6 Å². The van der Waals surface area contributed by atoms with E-state index in [4.69, 9.17) is 9.47 Å². The molecule has 3 aromatic rings. The molecule has 8 heteroatoms. The Kier molecular flexibility index (Phi) is 6.49. The Hall–Kier alpha value is -4.07. The first-order valence-corrected chi connectivity index (χ1v) is 8.84. The van der Waals surface area contributed by atoms with Gasteiger partial charge >= 0.3 is 0 Å². The maximum absolute atomic E-state index is 13.5. The van der Waals surface area contributed by atoms with Crippen LogP contribution in [0.3, 0.4) is 0 Å². The highest BCUT2D eigenvalue weighted by atomic mass is 19.1. The highest BCUT2D eigenvalue weighted by Crippen LogP contribution is 2.27. The van der Waals surface area contributed by atoms with Crippen molar-refractivity contribution in [3.8, 4) is 11.5 Å². The van der Waals surface area contributed by atoms with Crippen LogP contribution in [0, 0.1) is 15.9 Å². The van der Waals surface area contributed by atoms with Crippen LogP contribution in [0.5, 0.6) is 11.5 Å². The molecule has 0 fully saturated rings. The normalized spacial score (nSPS) is 10.7. The van der Waals surface area contributed by atoms with E-state index in [1.807, 2.05) is 6.07 Å². The number of aromatic nitrogens is 1. The van der Waals surface area contributed by atoms with Crippen LogP contribution in [0.1, 0.15) is 21.5 Å². The molecule has 0 amide bonds. The smallest absolute Gasteiger partial charge is 0.280 e. The van der Waals surface area contributed by atoms with E-state index in [2.05, 4.69) is 4.98 Å². The number of halogens is 1. The van der Waals surface area contributed by atoms with Crippen LogP contribution in [-0.2, 0) is 6.61 Å². The summed E-state index contributed by atoms with van der Waals surface area (Å²) < 4.78 is 24.6. The summed E-state index contributed by atoms with van der Waals surface area (Å²) in [6.45, 7) is 0.241. The van der Waals surface area contributed by atoms with E-state index in [1.165, 1.54) is 13.2 Å². The summed E-state index contributed by atoms with van der Waals surface area (Å²) in [7, 11) is 1.52. The lowest BCUT2D eigenvalue weighted by Gasteiger charge is -2.11. The zero-order valence-electron chi connectivity index (χ0n) is 15.9. The Morgan fingerprint density at radius 3 is 2.77 bits per heavy atom. The molecular weight excluding hydrogens is 391 g/mol. The average Bonchev–Trinajstić information content (AvgIpc) is 2.76. The Balaban J connectivity index is 1.87. The molecule has 0 N–H and O–H groups in total. The van der Waals surface area contributed by atoms with E-state index < -0.39 is 22.2 Å². The number of ether oxygens (including phenoxy) is 2. The molecule has 0 unspecified atom stereocenters. The summed E-state index contributed by atoms with van der Waals surface area (Å²) in [4.78, 5) is 26.9. The predicted molar refractivity (Wildman–Crippen MR) is 108 cm³/mol. The van der Waals surface area contributed by atoms with E-state index in [0.717, 1.165) is 29.8 Å². The van der Waals surface area contributed by atoms with Gasteiger partial charge in [0, 0.05) is 35.7 Å². The van der Waals surface area contributed by atoms with E-state index >= 15 is 0 Å². The number of hydrogen-bond acceptors (Lipinski definition) is 6. The molecule has 0 spiro atoms. The number of nitro benzene ring substituents is 1. The third-order valence-corrected chi connectivity index (χ3v) is 4.17. The monoisotopic (exact) mass is 408 g/mol. The molecule has 3 rings (SSSR count). The molecule has 1 aromatic heterocycles. The third kappa shape index (κ3) is 5.05. The quantitative estimate of drug-likeness (QED) is 0.234. The summed E-state index contributed by atoms with van der Waals surface area (Å²) in [6.07, 6.45) is 5.91. The standard InChI is InChI=1S/C22H17FN2O5/c1-29-18-7-4-16(22(12-18)30-14-15-3-2-10-24-13-15)5-9-21(26)19-11-17(23)6-8-20(19)25(27)28/h2-13H,14H2,1H3/b9-5+. The Labute approximate surface area is 171 Å². The summed E-state index contributed by atoms with van der Waals surface area (Å²) in [5.74, 6) is -0.436. The van der Waals surface area contributed by atoms with Gasteiger partial charge in [-0.15, -0.1) is 0 Å². The second kappa shape index (κ2) is 9.42. The maximum Gasteiger partial charge on any atom is 0.280 e. The van der Waals surface area contributed by atoms with Crippen molar-refractivity contribution in [2.45, 2.75) is 6.61 Å². The molecule has 2 aromatic carbocycles. The molecule has 0 atom stereocenters. The van der Waals surface area contributed by atoms with Gasteiger partial charge in [-0.3, -0.25) is 19.9 Å². The van der Waals surface area contributed by atoms with Crippen molar-refractivity contribution < 1.29 is 23.6 Å². The van der Waals surface area contributed by atoms with Gasteiger partial charge in [0.25, 0.3) is 5.69 Å². The van der Waals surface area contributed by atoms with Crippen molar-refractivity contribution >= 4 is 17.5 Å². The average molecular weight is 408 g/mol. The van der Waals surface area contributed by atoms with Gasteiger partial charge in [-0.1, -0.05) is 6.07 Å². The number of ketones is 1. The summed E-state index contributed by atoms with van der Waals surface area (Å²) >= 11 is 0. The van der Waals surface area contributed by atoms with Gasteiger partial charge in [-0.25, -0.2) is 4.39 Å². The van der Waals surface area contributed by atoms with Crippen molar-refractivity contribution in [1.29, 1.82) is 0 Å². The fraction of sp³-hybridized carbons (Fsp3) is 0.0909. The number of hydrogen-bond donors (Lipinski definition) is 0. The Bertz CT molecular complexity index is 1100. The second-order valence-electron chi connectivity index (χ2n) is 6.17. The second-order valence-corrected chi connectivity index (χ2v) is 6.17. The zero-order valence-corrected chi connectivity index (χ0v) is 15.9. The number of benzene rings is 2. The molecule has 0 saturated carbocycles. The fourth-order valence-corrected chi connectivity index (χ4v) is 2.67. The topological polar surface area (TPSA) is 91.6 Å². The lowest BCUT2D eigenvalue weighted by atomic mass is 10.1. The number of pyridine rings is 1. The number of rotatable bonds is 8. The number of methoxy groups -OCH3 is 1. The van der Waals surface area contributed by atoms with Gasteiger partial charge in [0.1, 0.15) is 29.5 Å². The van der Waals surface area contributed by atoms with Gasteiger partial charge in [0.2, 0.25) is 0 Å². The Morgan fingerprint density at radius 2 is 2.07 bits per heavy atom. The predicted octanol–water partition coefficient (Wildman–Crippen LogP) is 4.61. The van der Waals surface area contributed by atoms with E-state index in [9.17, 15) is 19.3 Å². The van der Waals surface area contributed by atoms with Crippen molar-refractivity contribution in [1.82, 2.24) is 4.98 Å². The lowest BCUT2D eigenvalue weighted by molar-refractivity contribution is -0.385. The van der Waals surface area contributed by atoms with Crippen molar-refractivity contribution in [2.75, 3.05) is 7.11 Å². The number of carbonyl (C=O) groups is 1. The molecule has 7 nitrogen and oxygen atoms in total. The van der Waals surface area contributed by atoms with E-state index in [-0.39, 0.29) is 12.2 Å². The molecule has 152 valence electrons. The van der Waals surface area contributed by atoms with E-state index in [1.54, 1.807) is 36.7 Å². The van der Waals surface area contributed by atoms with Crippen molar-refractivity contribution in [3.63, 3.8) is 0 Å². The minimum absolute atomic E-state index is 0.241. The molecule has 0 radical (unpaired) electrons. The fourth-order valence-electron chi connectivity index (χ4n) is 2.67. The van der Waals surface area contributed by atoms with Crippen molar-refractivity contribution in [2.24, 2.45) is 0 Å². The largest absolute Gasteiger partial charge is 0.497 e. The first-order valence-electron chi connectivity index (χ1n) is 8.84. The van der Waals surface area contributed by atoms with Gasteiger partial charge < -0.3 is 9.47 Å². The molecule has 30 heavy (non-hydrogen) atoms. The number of carbonyl (C=O) groups excluding carboxylic acids is 1. The zero-order chi connectivity index (χ0) is 21.5. The molecule has 0 saturated heterocycles. The summed E-state index contributed by atoms with van der Waals surface area (Å²) in [5.41, 5.74) is 0.602. The van der Waals surface area contributed by atoms with Crippen LogP contribution in [0.2, 0.25) is 0 Å². The SMILES string of the molecule is COc1ccc(/C=C/C(=O)c2cc(F)ccc2[N+](=O)[O-])c(OCc2cccnc2)c1. The van der Waals surface area contributed by atoms with Gasteiger partial charge in [0.05, 0.1) is 12.0 Å². The minimum atomic E-state index is -0.734. The number of allylic oxidation sites excluding steroid dienone is 1. The van der Waals surface area contributed by atoms with Gasteiger partial charge in [0.15, 0.2) is 5.78 Å². The molecule has 0 bridgehead atoms. The van der Waals surface area contributed by atoms with Gasteiger partial charge in [-0.2, -0.15) is 0 Å². The van der Waals surface area contributed by atoms with Crippen LogP contribution >= 0.6 is 0 Å². The maximum atomic E-state index is 13.5. The van der Waals surface area contributed by atoms with Gasteiger partial charge in [-0.05, 0) is 42.5 Å². The number of nitrogens with zero attached hydrogens (tertiary/aromatic N) is 2. The molecular formula is C22H17FN2O5. The third-order valence-electron chi connectivity index (χ3n) is 4.17. The van der Waals surface area contributed by atoms with Crippen LogP contribution in [0.25, 0.3) is 6.08 Å². The minimum Gasteiger partial charge on any atom is -0.497 e. The first-order chi connectivity index (χ1) is 14.5. The summed E-state index contributed by atoms with van der Waals surface area (Å²) in [6, 6.07) is 11.4. The van der Waals surface area contributed by atoms with E-state index in [0.29, 0.717) is 17.1 Å². The highest BCUT2D eigenvalue weighted by molar-refractivity contribution is 6.09.